The Morgan fingerprint density at radius 1 is 1.33 bits per heavy atom. The van der Waals surface area contributed by atoms with Crippen LogP contribution in [0.3, 0.4) is 0 Å². The number of carbonyl (C=O) groups excluding carboxylic acids is 1. The maximum Gasteiger partial charge on any atom is 0.251 e. The number of hydrogen-bond donors (Lipinski definition) is 1. The van der Waals surface area contributed by atoms with Crippen molar-refractivity contribution < 1.29 is 4.79 Å². The number of nitrogens with zero attached hydrogens (tertiary/aromatic N) is 3. The minimum absolute atomic E-state index is 0.0336. The molecule has 1 aromatic heterocycles. The van der Waals surface area contributed by atoms with Crippen LogP contribution in [0.15, 0.2) is 29.6 Å². The van der Waals surface area contributed by atoms with Gasteiger partial charge in [-0.15, -0.1) is 11.3 Å². The molecule has 1 N–H and O–H groups in total. The Hall–Kier alpha value is -2.08. The quantitative estimate of drug-likeness (QED) is 0.875. The van der Waals surface area contributed by atoms with Crippen LogP contribution in [0, 0.1) is 0 Å². The van der Waals surface area contributed by atoms with Gasteiger partial charge in [0.25, 0.3) is 5.91 Å². The van der Waals surface area contributed by atoms with Crippen molar-refractivity contribution in [3.63, 3.8) is 0 Å². The highest BCUT2D eigenvalue weighted by Gasteiger charge is 2.15. The van der Waals surface area contributed by atoms with E-state index in [2.05, 4.69) is 20.6 Å². The highest BCUT2D eigenvalue weighted by atomic mass is 32.1. The SMILES string of the molecule is CN(C)c1cccc(C(=O)NCCc2csc(N3CCCC3)n2)c1. The molecule has 0 saturated carbocycles. The first kappa shape index (κ1) is 16.8. The van der Waals surface area contributed by atoms with Gasteiger partial charge in [0.15, 0.2) is 5.13 Å². The van der Waals surface area contributed by atoms with E-state index in [9.17, 15) is 4.79 Å². The molecule has 0 atom stereocenters. The van der Waals surface area contributed by atoms with Crippen LogP contribution in [-0.4, -0.2) is 44.6 Å². The minimum Gasteiger partial charge on any atom is -0.378 e. The second-order valence-electron chi connectivity index (χ2n) is 6.27. The average molecular weight is 344 g/mol. The van der Waals surface area contributed by atoms with Gasteiger partial charge in [0.05, 0.1) is 5.69 Å². The Balaban J connectivity index is 1.51. The molecule has 1 aliphatic heterocycles. The average Bonchev–Trinajstić information content (AvgIpc) is 3.26. The van der Waals surface area contributed by atoms with E-state index in [1.54, 1.807) is 11.3 Å². The molecule has 1 saturated heterocycles. The third kappa shape index (κ3) is 4.06. The third-order valence-electron chi connectivity index (χ3n) is 4.21. The molecule has 1 aliphatic rings. The fourth-order valence-corrected chi connectivity index (χ4v) is 3.71. The largest absolute Gasteiger partial charge is 0.378 e. The molecule has 2 heterocycles. The van der Waals surface area contributed by atoms with E-state index >= 15 is 0 Å². The highest BCUT2D eigenvalue weighted by molar-refractivity contribution is 7.13. The van der Waals surface area contributed by atoms with E-state index in [4.69, 9.17) is 0 Å². The van der Waals surface area contributed by atoms with Crippen molar-refractivity contribution in [1.82, 2.24) is 10.3 Å². The first-order valence-corrected chi connectivity index (χ1v) is 9.26. The summed E-state index contributed by atoms with van der Waals surface area (Å²) in [6, 6.07) is 7.65. The molecule has 128 valence electrons. The van der Waals surface area contributed by atoms with Crippen LogP contribution >= 0.6 is 11.3 Å². The second-order valence-corrected chi connectivity index (χ2v) is 7.10. The molecule has 0 radical (unpaired) electrons. The van der Waals surface area contributed by atoms with Crippen LogP contribution in [0.25, 0.3) is 0 Å². The lowest BCUT2D eigenvalue weighted by Crippen LogP contribution is -2.26. The molecule has 5 nitrogen and oxygen atoms in total. The van der Waals surface area contributed by atoms with E-state index in [-0.39, 0.29) is 5.91 Å². The molecule has 0 aliphatic carbocycles. The van der Waals surface area contributed by atoms with Crippen LogP contribution in [0.5, 0.6) is 0 Å². The Kier molecular flexibility index (Phi) is 5.35. The fraction of sp³-hybridized carbons (Fsp3) is 0.444. The van der Waals surface area contributed by atoms with Crippen molar-refractivity contribution in [3.05, 3.63) is 40.9 Å². The molecule has 1 fully saturated rings. The van der Waals surface area contributed by atoms with Crippen LogP contribution in [0.2, 0.25) is 0 Å². The molecule has 6 heteroatoms. The summed E-state index contributed by atoms with van der Waals surface area (Å²) in [5.74, 6) is -0.0336. The molecule has 24 heavy (non-hydrogen) atoms. The molecule has 0 unspecified atom stereocenters. The van der Waals surface area contributed by atoms with E-state index in [0.717, 1.165) is 36.0 Å². The number of anilines is 2. The Labute approximate surface area is 147 Å². The standard InChI is InChI=1S/C18H24N4OS/c1-21(2)16-7-5-6-14(12-16)17(23)19-9-8-15-13-24-18(20-15)22-10-3-4-11-22/h5-7,12-13H,3-4,8-11H2,1-2H3,(H,19,23). The maximum absolute atomic E-state index is 12.3. The lowest BCUT2D eigenvalue weighted by Gasteiger charge is -2.13. The number of aromatic nitrogens is 1. The highest BCUT2D eigenvalue weighted by Crippen LogP contribution is 2.24. The van der Waals surface area contributed by atoms with Crippen LogP contribution in [0.1, 0.15) is 28.9 Å². The molecule has 1 amide bonds. The van der Waals surface area contributed by atoms with Crippen LogP contribution < -0.4 is 15.1 Å². The molecule has 0 bridgehead atoms. The van der Waals surface area contributed by atoms with Gasteiger partial charge in [-0.05, 0) is 31.0 Å². The van der Waals surface area contributed by atoms with Gasteiger partial charge in [-0.3, -0.25) is 4.79 Å². The summed E-state index contributed by atoms with van der Waals surface area (Å²) in [5.41, 5.74) is 2.78. The van der Waals surface area contributed by atoms with E-state index in [0.29, 0.717) is 12.1 Å². The van der Waals surface area contributed by atoms with Gasteiger partial charge in [-0.25, -0.2) is 4.98 Å². The monoisotopic (exact) mass is 344 g/mol. The second kappa shape index (κ2) is 7.66. The summed E-state index contributed by atoms with van der Waals surface area (Å²) in [6.45, 7) is 2.84. The Morgan fingerprint density at radius 3 is 2.88 bits per heavy atom. The summed E-state index contributed by atoms with van der Waals surface area (Å²) in [4.78, 5) is 21.3. The van der Waals surface area contributed by atoms with Gasteiger partial charge < -0.3 is 15.1 Å². The summed E-state index contributed by atoms with van der Waals surface area (Å²) in [5, 5.41) is 6.21. The number of carbonyl (C=O) groups is 1. The van der Waals surface area contributed by atoms with Gasteiger partial charge in [0.1, 0.15) is 0 Å². The van der Waals surface area contributed by atoms with Gasteiger partial charge in [-0.1, -0.05) is 6.07 Å². The number of hydrogen-bond acceptors (Lipinski definition) is 5. The molecule has 1 aromatic carbocycles. The molecule has 3 rings (SSSR count). The Morgan fingerprint density at radius 2 is 2.12 bits per heavy atom. The summed E-state index contributed by atoms with van der Waals surface area (Å²) in [7, 11) is 3.94. The van der Waals surface area contributed by atoms with Crippen molar-refractivity contribution in [2.75, 3.05) is 43.5 Å². The van der Waals surface area contributed by atoms with Gasteiger partial charge in [0.2, 0.25) is 0 Å². The van der Waals surface area contributed by atoms with Gasteiger partial charge in [-0.2, -0.15) is 0 Å². The molecule has 0 spiro atoms. The zero-order valence-corrected chi connectivity index (χ0v) is 15.1. The Bertz CT molecular complexity index is 692. The van der Waals surface area contributed by atoms with E-state index < -0.39 is 0 Å². The number of thiazole rings is 1. The maximum atomic E-state index is 12.3. The summed E-state index contributed by atoms with van der Waals surface area (Å²) >= 11 is 1.70. The zero-order valence-electron chi connectivity index (χ0n) is 14.3. The number of rotatable bonds is 6. The van der Waals surface area contributed by atoms with Crippen LogP contribution in [-0.2, 0) is 6.42 Å². The minimum atomic E-state index is -0.0336. The molecular formula is C18H24N4OS. The summed E-state index contributed by atoms with van der Waals surface area (Å²) < 4.78 is 0. The molecule has 2 aromatic rings. The van der Waals surface area contributed by atoms with Crippen LogP contribution in [0.4, 0.5) is 10.8 Å². The fourth-order valence-electron chi connectivity index (χ4n) is 2.80. The van der Waals surface area contributed by atoms with Crippen molar-refractivity contribution in [3.8, 4) is 0 Å². The van der Waals surface area contributed by atoms with E-state index in [1.165, 1.54) is 12.8 Å². The van der Waals surface area contributed by atoms with Gasteiger partial charge >= 0.3 is 0 Å². The number of amides is 1. The number of nitrogens with one attached hydrogen (secondary N) is 1. The molecular weight excluding hydrogens is 320 g/mol. The third-order valence-corrected chi connectivity index (χ3v) is 5.16. The van der Waals surface area contributed by atoms with Crippen molar-refractivity contribution in [2.24, 2.45) is 0 Å². The first-order chi connectivity index (χ1) is 11.6. The lowest BCUT2D eigenvalue weighted by molar-refractivity contribution is 0.0954. The first-order valence-electron chi connectivity index (χ1n) is 8.38. The van der Waals surface area contributed by atoms with Crippen molar-refractivity contribution >= 4 is 28.1 Å². The predicted molar refractivity (Wildman–Crippen MR) is 100 cm³/mol. The van der Waals surface area contributed by atoms with Gasteiger partial charge in [0, 0.05) is 56.8 Å². The van der Waals surface area contributed by atoms with Crippen molar-refractivity contribution in [2.45, 2.75) is 19.3 Å². The predicted octanol–water partition coefficient (Wildman–Crippen LogP) is 2.78. The van der Waals surface area contributed by atoms with E-state index in [1.807, 2.05) is 43.3 Å². The number of benzene rings is 1. The lowest BCUT2D eigenvalue weighted by atomic mass is 10.2. The zero-order chi connectivity index (χ0) is 16.9. The van der Waals surface area contributed by atoms with Crippen molar-refractivity contribution in [1.29, 1.82) is 0 Å². The smallest absolute Gasteiger partial charge is 0.251 e. The summed E-state index contributed by atoms with van der Waals surface area (Å²) in [6.07, 6.45) is 3.29. The normalized spacial score (nSPS) is 14.0. The topological polar surface area (TPSA) is 48.5 Å².